The Bertz CT molecular complexity index is 564. The number of aryl methyl sites for hydroxylation is 1. The summed E-state index contributed by atoms with van der Waals surface area (Å²) in [5.74, 6) is -0.416. The number of hydrogen-bond acceptors (Lipinski definition) is 2. The second kappa shape index (κ2) is 5.80. The van der Waals surface area contributed by atoms with E-state index in [1.165, 1.54) is 6.92 Å². The Labute approximate surface area is 106 Å². The number of halogens is 2. The highest BCUT2D eigenvalue weighted by atomic mass is 19.1. The van der Waals surface area contributed by atoms with Crippen molar-refractivity contribution < 1.29 is 8.78 Å². The quantitative estimate of drug-likeness (QED) is 0.838. The third-order valence-corrected chi connectivity index (χ3v) is 2.52. The van der Waals surface area contributed by atoms with E-state index in [4.69, 9.17) is 0 Å². The fourth-order valence-electron chi connectivity index (χ4n) is 1.88. The maximum absolute atomic E-state index is 13.9. The lowest BCUT2D eigenvalue weighted by atomic mass is 10.3. The van der Waals surface area contributed by atoms with E-state index in [1.54, 1.807) is 6.08 Å². The normalized spacial score (nSPS) is 15.3. The summed E-state index contributed by atoms with van der Waals surface area (Å²) in [5, 5.41) is 3.17. The van der Waals surface area contributed by atoms with Crippen LogP contribution in [-0.2, 0) is 0 Å². The van der Waals surface area contributed by atoms with Crippen molar-refractivity contribution in [3.8, 4) is 0 Å². The standard InChI is InChI=1S/C13H19F2N3/c1-6-11-12(13(15)16-7-9(4)14)17-10(5)18(11)8(2)3/h6-8,16H,1-5H3/b9-7+,11-6+,13-12+. The molecule has 18 heavy (non-hydrogen) atoms. The van der Waals surface area contributed by atoms with Crippen LogP contribution < -0.4 is 16.0 Å². The van der Waals surface area contributed by atoms with E-state index in [2.05, 4.69) is 10.3 Å². The first-order chi connectivity index (χ1) is 8.38. The number of allylic oxidation sites excluding steroid dienone is 1. The molecule has 1 rings (SSSR count). The van der Waals surface area contributed by atoms with Gasteiger partial charge in [0.2, 0.25) is 5.95 Å². The van der Waals surface area contributed by atoms with Gasteiger partial charge in [0.05, 0.1) is 5.35 Å². The van der Waals surface area contributed by atoms with Gasteiger partial charge in [0.15, 0.2) is 0 Å². The maximum Gasteiger partial charge on any atom is 0.219 e. The number of hydrogen-bond donors (Lipinski definition) is 1. The molecule has 0 aliphatic rings. The number of nitrogens with one attached hydrogen (secondary N) is 1. The molecule has 0 bridgehead atoms. The number of imidazole rings is 1. The van der Waals surface area contributed by atoms with Crippen LogP contribution in [0.25, 0.3) is 12.0 Å². The second-order valence-corrected chi connectivity index (χ2v) is 4.33. The Morgan fingerprint density at radius 3 is 2.44 bits per heavy atom. The molecule has 1 N–H and O–H groups in total. The molecule has 0 spiro atoms. The molecule has 3 nitrogen and oxygen atoms in total. The highest BCUT2D eigenvalue weighted by molar-refractivity contribution is 5.34. The van der Waals surface area contributed by atoms with Crippen LogP contribution in [-0.4, -0.2) is 9.55 Å². The molecular weight excluding hydrogens is 236 g/mol. The van der Waals surface area contributed by atoms with Crippen molar-refractivity contribution in [1.29, 1.82) is 0 Å². The molecular formula is C13H19F2N3. The van der Waals surface area contributed by atoms with E-state index in [-0.39, 0.29) is 11.4 Å². The van der Waals surface area contributed by atoms with Gasteiger partial charge < -0.3 is 9.88 Å². The molecule has 0 amide bonds. The Morgan fingerprint density at radius 1 is 1.39 bits per heavy atom. The van der Waals surface area contributed by atoms with Gasteiger partial charge in [-0.2, -0.15) is 4.39 Å². The molecule has 0 fully saturated rings. The summed E-state index contributed by atoms with van der Waals surface area (Å²) in [6, 6.07) is 0.184. The first kappa shape index (κ1) is 14.4. The van der Waals surface area contributed by atoms with Crippen molar-refractivity contribution in [2.45, 2.75) is 40.7 Å². The summed E-state index contributed by atoms with van der Waals surface area (Å²) in [4.78, 5) is 4.19. The molecule has 5 heteroatoms. The van der Waals surface area contributed by atoms with E-state index in [1.807, 2.05) is 32.3 Å². The first-order valence-corrected chi connectivity index (χ1v) is 5.88. The van der Waals surface area contributed by atoms with Gasteiger partial charge in [-0.1, -0.05) is 6.08 Å². The van der Waals surface area contributed by atoms with E-state index < -0.39 is 11.8 Å². The molecule has 1 aromatic rings. The predicted molar refractivity (Wildman–Crippen MR) is 69.3 cm³/mol. The average molecular weight is 255 g/mol. The molecule has 0 aliphatic heterocycles. The van der Waals surface area contributed by atoms with Crippen LogP contribution in [0.4, 0.5) is 8.78 Å². The van der Waals surface area contributed by atoms with E-state index in [9.17, 15) is 8.78 Å². The van der Waals surface area contributed by atoms with Gasteiger partial charge in [0.1, 0.15) is 17.0 Å². The highest BCUT2D eigenvalue weighted by Gasteiger charge is 2.09. The average Bonchev–Trinajstić information content (AvgIpc) is 2.62. The smallest absolute Gasteiger partial charge is 0.219 e. The number of aromatic nitrogens is 2. The van der Waals surface area contributed by atoms with Crippen LogP contribution in [0.1, 0.15) is 39.6 Å². The molecule has 0 aromatic carbocycles. The Kier molecular flexibility index (Phi) is 4.64. The summed E-state index contributed by atoms with van der Waals surface area (Å²) in [6.45, 7) is 8.89. The molecule has 100 valence electrons. The highest BCUT2D eigenvalue weighted by Crippen LogP contribution is 2.01. The number of rotatable bonds is 3. The first-order valence-electron chi connectivity index (χ1n) is 5.88. The lowest BCUT2D eigenvalue weighted by Crippen LogP contribution is -2.34. The SMILES string of the molecule is C/C=c1\c(=C(\F)N/C=C(\C)F)nc(C)n1C(C)C. The topological polar surface area (TPSA) is 29.9 Å². The van der Waals surface area contributed by atoms with Crippen molar-refractivity contribution in [3.63, 3.8) is 0 Å². The van der Waals surface area contributed by atoms with Crippen molar-refractivity contribution in [3.05, 3.63) is 28.5 Å². The Morgan fingerprint density at radius 2 is 2.00 bits per heavy atom. The monoisotopic (exact) mass is 255 g/mol. The van der Waals surface area contributed by atoms with Gasteiger partial charge in [0, 0.05) is 12.2 Å². The molecule has 0 unspecified atom stereocenters. The summed E-state index contributed by atoms with van der Waals surface area (Å²) < 4.78 is 28.4. The fourth-order valence-corrected chi connectivity index (χ4v) is 1.88. The lowest BCUT2D eigenvalue weighted by Gasteiger charge is -2.09. The summed E-state index contributed by atoms with van der Waals surface area (Å²) >= 11 is 0. The lowest BCUT2D eigenvalue weighted by molar-refractivity contribution is 0.568. The third kappa shape index (κ3) is 2.97. The zero-order valence-electron chi connectivity index (χ0n) is 11.4. The fraction of sp³-hybridized carbons (Fsp3) is 0.462. The van der Waals surface area contributed by atoms with Gasteiger partial charge in [-0.05, 0) is 34.6 Å². The molecule has 0 radical (unpaired) electrons. The minimum absolute atomic E-state index is 0.184. The minimum atomic E-state index is -0.650. The Balaban J connectivity index is 3.48. The van der Waals surface area contributed by atoms with Crippen LogP contribution in [0.2, 0.25) is 0 Å². The van der Waals surface area contributed by atoms with Gasteiger partial charge in [-0.3, -0.25) is 0 Å². The van der Waals surface area contributed by atoms with Crippen LogP contribution >= 0.6 is 0 Å². The van der Waals surface area contributed by atoms with Crippen LogP contribution in [0, 0.1) is 6.92 Å². The van der Waals surface area contributed by atoms with Crippen LogP contribution in [0.3, 0.4) is 0 Å². The number of nitrogens with zero attached hydrogens (tertiary/aromatic N) is 2. The summed E-state index contributed by atoms with van der Waals surface area (Å²) in [6.07, 6.45) is 2.76. The predicted octanol–water partition coefficient (Wildman–Crippen LogP) is 2.03. The Hall–Kier alpha value is -1.65. The van der Waals surface area contributed by atoms with Crippen molar-refractivity contribution in [2.24, 2.45) is 0 Å². The van der Waals surface area contributed by atoms with Gasteiger partial charge in [-0.25, -0.2) is 9.37 Å². The summed E-state index contributed by atoms with van der Waals surface area (Å²) in [5.41, 5.74) is 0. The summed E-state index contributed by atoms with van der Waals surface area (Å²) in [7, 11) is 0. The molecule has 1 aromatic heterocycles. The largest absolute Gasteiger partial charge is 0.334 e. The molecule has 0 saturated heterocycles. The maximum atomic E-state index is 13.9. The zero-order chi connectivity index (χ0) is 13.9. The molecule has 0 atom stereocenters. The minimum Gasteiger partial charge on any atom is -0.334 e. The second-order valence-electron chi connectivity index (χ2n) is 4.33. The van der Waals surface area contributed by atoms with E-state index in [0.29, 0.717) is 5.35 Å². The van der Waals surface area contributed by atoms with E-state index in [0.717, 1.165) is 12.0 Å². The van der Waals surface area contributed by atoms with Gasteiger partial charge >= 0.3 is 0 Å². The van der Waals surface area contributed by atoms with E-state index >= 15 is 0 Å². The molecule has 0 saturated carbocycles. The third-order valence-electron chi connectivity index (χ3n) is 2.52. The van der Waals surface area contributed by atoms with Gasteiger partial charge in [-0.15, -0.1) is 0 Å². The van der Waals surface area contributed by atoms with Crippen LogP contribution in [0.5, 0.6) is 0 Å². The van der Waals surface area contributed by atoms with Crippen LogP contribution in [0.15, 0.2) is 12.0 Å². The van der Waals surface area contributed by atoms with Gasteiger partial charge in [0.25, 0.3) is 0 Å². The molecule has 0 aliphatic carbocycles. The van der Waals surface area contributed by atoms with Crippen molar-refractivity contribution in [2.75, 3.05) is 0 Å². The van der Waals surface area contributed by atoms with Crippen molar-refractivity contribution in [1.82, 2.24) is 14.9 Å². The molecule has 1 heterocycles. The zero-order valence-corrected chi connectivity index (χ0v) is 11.4. The van der Waals surface area contributed by atoms with Crippen molar-refractivity contribution >= 4 is 12.0 Å².